The number of benzene rings is 3. The Hall–Kier alpha value is -3.44. The molecule has 1 saturated heterocycles. The summed E-state index contributed by atoms with van der Waals surface area (Å²) in [6, 6.07) is 26.6. The van der Waals surface area contributed by atoms with Gasteiger partial charge in [0.15, 0.2) is 0 Å². The summed E-state index contributed by atoms with van der Waals surface area (Å²) in [5.41, 5.74) is 3.53. The van der Waals surface area contributed by atoms with Gasteiger partial charge in [0.05, 0.1) is 30.3 Å². The van der Waals surface area contributed by atoms with E-state index >= 15 is 0 Å². The van der Waals surface area contributed by atoms with E-state index in [9.17, 15) is 4.79 Å². The number of carbonyl (C=O) groups is 1. The number of H-pyrrole nitrogens is 1. The van der Waals surface area contributed by atoms with Gasteiger partial charge in [-0.3, -0.25) is 9.89 Å². The molecule has 0 bridgehead atoms. The Morgan fingerprint density at radius 3 is 2.45 bits per heavy atom. The lowest BCUT2D eigenvalue weighted by Gasteiger charge is -2.36. The highest BCUT2D eigenvalue weighted by atomic mass is 16.5. The standard InChI is InChI=1S/C28H29N3O2/c1-28(24-8-4-2-5-9-24,25-10-6-3-7-11-25)27(32)31-14-15-33-20-22(19-31)16-21-12-13-26-23(17-21)18-29-30-26/h2-13,17-18,22H,14-16,19-20H2,1H3,(H,29,30)/t22-/m1/s1. The summed E-state index contributed by atoms with van der Waals surface area (Å²) in [6.45, 7) is 4.54. The molecule has 1 aromatic heterocycles. The smallest absolute Gasteiger partial charge is 0.237 e. The van der Waals surface area contributed by atoms with Crippen LogP contribution in [0.1, 0.15) is 23.6 Å². The van der Waals surface area contributed by atoms with Crippen molar-refractivity contribution in [2.24, 2.45) is 5.92 Å². The fraction of sp³-hybridized carbons (Fsp3) is 0.286. The van der Waals surface area contributed by atoms with E-state index in [1.807, 2.05) is 54.4 Å². The van der Waals surface area contributed by atoms with Crippen molar-refractivity contribution >= 4 is 16.8 Å². The van der Waals surface area contributed by atoms with Crippen LogP contribution in [-0.2, 0) is 21.4 Å². The number of rotatable bonds is 5. The Bertz CT molecular complexity index is 1180. The first-order valence-electron chi connectivity index (χ1n) is 11.5. The minimum atomic E-state index is -0.757. The lowest BCUT2D eigenvalue weighted by atomic mass is 9.75. The number of nitrogens with zero attached hydrogens (tertiary/aromatic N) is 2. The molecule has 5 nitrogen and oxygen atoms in total. The van der Waals surface area contributed by atoms with Gasteiger partial charge in [-0.2, -0.15) is 5.10 Å². The van der Waals surface area contributed by atoms with Crippen molar-refractivity contribution in [1.82, 2.24) is 15.1 Å². The zero-order chi connectivity index (χ0) is 22.7. The predicted molar refractivity (Wildman–Crippen MR) is 130 cm³/mol. The first kappa shape index (κ1) is 21.4. The van der Waals surface area contributed by atoms with Gasteiger partial charge in [0.25, 0.3) is 0 Å². The van der Waals surface area contributed by atoms with Gasteiger partial charge in [0.2, 0.25) is 5.91 Å². The molecule has 5 heteroatoms. The van der Waals surface area contributed by atoms with Crippen LogP contribution in [-0.4, -0.2) is 47.3 Å². The van der Waals surface area contributed by atoms with E-state index in [-0.39, 0.29) is 11.8 Å². The fourth-order valence-electron chi connectivity index (χ4n) is 4.91. The number of hydrogen-bond donors (Lipinski definition) is 1. The summed E-state index contributed by atoms with van der Waals surface area (Å²) >= 11 is 0. The lowest BCUT2D eigenvalue weighted by molar-refractivity contribution is -0.135. The molecule has 2 heterocycles. The van der Waals surface area contributed by atoms with Crippen LogP contribution in [0.4, 0.5) is 0 Å². The average Bonchev–Trinajstić information content (AvgIpc) is 3.21. The van der Waals surface area contributed by atoms with Crippen LogP contribution in [0, 0.1) is 5.92 Å². The SMILES string of the molecule is CC(C(=O)N1CCOC[C@H](Cc2ccc3[nH]ncc3c2)C1)(c1ccccc1)c1ccccc1. The second-order valence-electron chi connectivity index (χ2n) is 9.04. The first-order chi connectivity index (χ1) is 16.1. The van der Waals surface area contributed by atoms with Crippen molar-refractivity contribution in [3.05, 3.63) is 102 Å². The van der Waals surface area contributed by atoms with Crippen LogP contribution in [0.5, 0.6) is 0 Å². The van der Waals surface area contributed by atoms with Gasteiger partial charge in [-0.25, -0.2) is 0 Å². The van der Waals surface area contributed by atoms with Gasteiger partial charge < -0.3 is 9.64 Å². The maximum absolute atomic E-state index is 14.2. The Kier molecular flexibility index (Phi) is 5.97. The molecule has 1 N–H and O–H groups in total. The van der Waals surface area contributed by atoms with Crippen LogP contribution in [0.2, 0.25) is 0 Å². The minimum absolute atomic E-state index is 0.126. The van der Waals surface area contributed by atoms with Gasteiger partial charge >= 0.3 is 0 Å². The molecule has 1 amide bonds. The molecule has 168 valence electrons. The number of amides is 1. The summed E-state index contributed by atoms with van der Waals surface area (Å²) in [7, 11) is 0. The molecule has 5 rings (SSSR count). The van der Waals surface area contributed by atoms with E-state index in [1.54, 1.807) is 0 Å². The average molecular weight is 440 g/mol. The molecule has 0 radical (unpaired) electrons. The summed E-state index contributed by atoms with van der Waals surface area (Å²) in [5, 5.41) is 8.23. The zero-order valence-corrected chi connectivity index (χ0v) is 18.9. The van der Waals surface area contributed by atoms with E-state index in [4.69, 9.17) is 4.74 Å². The second kappa shape index (κ2) is 9.20. The van der Waals surface area contributed by atoms with Crippen LogP contribution >= 0.6 is 0 Å². The van der Waals surface area contributed by atoms with Crippen molar-refractivity contribution < 1.29 is 9.53 Å². The molecule has 3 aromatic carbocycles. The summed E-state index contributed by atoms with van der Waals surface area (Å²) in [5.74, 6) is 0.359. The maximum atomic E-state index is 14.2. The summed E-state index contributed by atoms with van der Waals surface area (Å²) in [6.07, 6.45) is 2.71. The number of nitrogens with one attached hydrogen (secondary N) is 1. The Balaban J connectivity index is 1.42. The summed E-state index contributed by atoms with van der Waals surface area (Å²) in [4.78, 5) is 16.2. The molecule has 1 atom stereocenters. The van der Waals surface area contributed by atoms with E-state index in [0.717, 1.165) is 28.5 Å². The van der Waals surface area contributed by atoms with Gasteiger partial charge in [-0.15, -0.1) is 0 Å². The van der Waals surface area contributed by atoms with Crippen molar-refractivity contribution in [2.45, 2.75) is 18.8 Å². The molecule has 1 aliphatic heterocycles. The van der Waals surface area contributed by atoms with Crippen LogP contribution in [0.15, 0.2) is 85.1 Å². The quantitative estimate of drug-likeness (QED) is 0.495. The Morgan fingerprint density at radius 1 is 1.06 bits per heavy atom. The lowest BCUT2D eigenvalue weighted by Crippen LogP contribution is -2.48. The fourth-order valence-corrected chi connectivity index (χ4v) is 4.91. The van der Waals surface area contributed by atoms with E-state index in [2.05, 4.69) is 52.7 Å². The highest BCUT2D eigenvalue weighted by Crippen LogP contribution is 2.34. The van der Waals surface area contributed by atoms with Gasteiger partial charge in [0, 0.05) is 24.4 Å². The second-order valence-corrected chi connectivity index (χ2v) is 9.04. The largest absolute Gasteiger partial charge is 0.379 e. The van der Waals surface area contributed by atoms with Crippen LogP contribution < -0.4 is 0 Å². The van der Waals surface area contributed by atoms with Crippen molar-refractivity contribution in [3.8, 4) is 0 Å². The van der Waals surface area contributed by atoms with E-state index < -0.39 is 5.41 Å². The van der Waals surface area contributed by atoms with Crippen molar-refractivity contribution in [3.63, 3.8) is 0 Å². The van der Waals surface area contributed by atoms with Gasteiger partial charge in [0.1, 0.15) is 0 Å². The van der Waals surface area contributed by atoms with Crippen molar-refractivity contribution in [1.29, 1.82) is 0 Å². The topological polar surface area (TPSA) is 58.2 Å². The number of aromatic nitrogens is 2. The predicted octanol–water partition coefficient (Wildman–Crippen LogP) is 4.59. The number of aromatic amines is 1. The van der Waals surface area contributed by atoms with Crippen LogP contribution in [0.3, 0.4) is 0 Å². The molecule has 0 saturated carbocycles. The number of ether oxygens (including phenoxy) is 1. The van der Waals surface area contributed by atoms with Gasteiger partial charge in [-0.1, -0.05) is 66.7 Å². The molecule has 4 aromatic rings. The third kappa shape index (κ3) is 4.29. The molecule has 33 heavy (non-hydrogen) atoms. The summed E-state index contributed by atoms with van der Waals surface area (Å²) < 4.78 is 5.94. The first-order valence-corrected chi connectivity index (χ1v) is 11.5. The molecule has 0 spiro atoms. The normalized spacial score (nSPS) is 17.1. The zero-order valence-electron chi connectivity index (χ0n) is 18.9. The van der Waals surface area contributed by atoms with E-state index in [1.165, 1.54) is 5.56 Å². The van der Waals surface area contributed by atoms with Crippen LogP contribution in [0.25, 0.3) is 10.9 Å². The monoisotopic (exact) mass is 439 g/mol. The Labute approximate surface area is 194 Å². The third-order valence-corrected chi connectivity index (χ3v) is 6.78. The van der Waals surface area contributed by atoms with Crippen molar-refractivity contribution in [2.75, 3.05) is 26.3 Å². The molecule has 0 unspecified atom stereocenters. The molecule has 1 fully saturated rings. The molecular weight excluding hydrogens is 410 g/mol. The highest BCUT2D eigenvalue weighted by Gasteiger charge is 2.40. The Morgan fingerprint density at radius 2 is 1.76 bits per heavy atom. The molecule has 1 aliphatic rings. The molecular formula is C28H29N3O2. The highest BCUT2D eigenvalue weighted by molar-refractivity contribution is 5.91. The molecule has 0 aliphatic carbocycles. The third-order valence-electron chi connectivity index (χ3n) is 6.78. The number of carbonyl (C=O) groups excluding carboxylic acids is 1. The van der Waals surface area contributed by atoms with E-state index in [0.29, 0.717) is 26.3 Å². The number of fused-ring (bicyclic) bond motifs is 1. The van der Waals surface area contributed by atoms with Gasteiger partial charge in [-0.05, 0) is 42.2 Å². The minimum Gasteiger partial charge on any atom is -0.379 e. The number of hydrogen-bond acceptors (Lipinski definition) is 3. The maximum Gasteiger partial charge on any atom is 0.237 e.